The van der Waals surface area contributed by atoms with Crippen LogP contribution >= 0.6 is 8.92 Å². The Kier molecular flexibility index (Phi) is 16.0. The van der Waals surface area contributed by atoms with Crippen LogP contribution in [0.2, 0.25) is 0 Å². The van der Waals surface area contributed by atoms with Gasteiger partial charge in [0, 0.05) is 0 Å². The van der Waals surface area contributed by atoms with Gasteiger partial charge in [-0.05, 0) is 0 Å². The Morgan fingerprint density at radius 2 is 1.75 bits per heavy atom. The van der Waals surface area contributed by atoms with E-state index in [1.807, 2.05) is 0 Å². The Balaban J connectivity index is 0. The predicted molar refractivity (Wildman–Crippen MR) is 37.7 cm³/mol. The normalized spacial score (nSPS) is 8.25. The van der Waals surface area contributed by atoms with Crippen LogP contribution in [0.5, 0.6) is 0 Å². The molecule has 4 heteroatoms. The first-order chi connectivity index (χ1) is 3.65. The van der Waals surface area contributed by atoms with Gasteiger partial charge in [-0.3, -0.25) is 0 Å². The Bertz CT molecular complexity index is 30.5. The van der Waals surface area contributed by atoms with Gasteiger partial charge in [-0.1, -0.05) is 26.7 Å². The Hall–Kier alpha value is 1.01. The van der Waals surface area contributed by atoms with E-state index in [9.17, 15) is 0 Å². The van der Waals surface area contributed by atoms with Crippen molar-refractivity contribution >= 4 is 28.4 Å². The summed E-state index contributed by atoms with van der Waals surface area (Å²) >= 11 is -3.16. The fourth-order valence-corrected chi connectivity index (χ4v) is 0. The molecule has 0 aromatic rings. The van der Waals surface area contributed by atoms with E-state index < -0.39 is 19.5 Å². The molecule has 1 radical (unpaired) electrons. The van der Waals surface area contributed by atoms with Crippen molar-refractivity contribution in [2.45, 2.75) is 19.8 Å². The molecule has 0 rings (SSSR count). The minimum absolute atomic E-state index is 1.07. The number of hydrogen-bond acceptors (Lipinski definition) is 2. The molecule has 0 saturated heterocycles. The SMILES string of the molecule is [CH2]CCC.[OH][SnH]([OH])[Cl]. The maximum atomic E-state index is 7.59. The molecular formula is C4H12ClO2Sn. The van der Waals surface area contributed by atoms with Crippen molar-refractivity contribution in [2.75, 3.05) is 0 Å². The number of hydrogen-bond donors (Lipinski definition) is 2. The van der Waals surface area contributed by atoms with Crippen LogP contribution in [-0.2, 0) is 0 Å². The third-order valence-corrected chi connectivity index (χ3v) is 0.354. The summed E-state index contributed by atoms with van der Waals surface area (Å²) in [6.07, 6.45) is 2.28. The second-order valence-corrected chi connectivity index (χ2v) is 5.56. The van der Waals surface area contributed by atoms with Crippen LogP contribution in [-0.4, -0.2) is 26.3 Å². The summed E-state index contributed by atoms with van der Waals surface area (Å²) in [6.45, 7) is 5.72. The van der Waals surface area contributed by atoms with Gasteiger partial charge in [0.05, 0.1) is 0 Å². The molecule has 2 N–H and O–H groups in total. The van der Waals surface area contributed by atoms with E-state index in [0.717, 1.165) is 6.42 Å². The van der Waals surface area contributed by atoms with Gasteiger partial charge in [0.2, 0.25) is 0 Å². The van der Waals surface area contributed by atoms with Crippen LogP contribution in [0, 0.1) is 6.92 Å². The summed E-state index contributed by atoms with van der Waals surface area (Å²) < 4.78 is 15.2. The summed E-state index contributed by atoms with van der Waals surface area (Å²) in [5.74, 6) is 0. The standard InChI is InChI=1S/C4H9.ClH.2H2O.Sn.H/c1-3-4-2;;;;;/h1,3-4H2,2H3;1H;2*1H2;;/q;;;;+3;/p-3. The van der Waals surface area contributed by atoms with Gasteiger partial charge in [-0.25, -0.2) is 0 Å². The molecule has 0 saturated carbocycles. The molecule has 8 heavy (non-hydrogen) atoms. The number of halogens is 1. The summed E-state index contributed by atoms with van der Waals surface area (Å²) in [4.78, 5) is 0. The van der Waals surface area contributed by atoms with Gasteiger partial charge in [0.1, 0.15) is 0 Å². The van der Waals surface area contributed by atoms with E-state index in [4.69, 9.17) is 6.89 Å². The van der Waals surface area contributed by atoms with Crippen molar-refractivity contribution in [1.29, 1.82) is 0 Å². The van der Waals surface area contributed by atoms with Gasteiger partial charge in [0.15, 0.2) is 0 Å². The summed E-state index contributed by atoms with van der Waals surface area (Å²) in [5.41, 5.74) is 0. The molecule has 0 fully saturated rings. The third kappa shape index (κ3) is 62.7. The summed E-state index contributed by atoms with van der Waals surface area (Å²) in [7, 11) is 4.60. The molecule has 0 atom stereocenters. The van der Waals surface area contributed by atoms with Crippen molar-refractivity contribution in [3.63, 3.8) is 0 Å². The topological polar surface area (TPSA) is 40.5 Å². The Morgan fingerprint density at radius 1 is 1.62 bits per heavy atom. The van der Waals surface area contributed by atoms with E-state index in [1.165, 1.54) is 6.42 Å². The van der Waals surface area contributed by atoms with Crippen molar-refractivity contribution in [1.82, 2.24) is 0 Å². The van der Waals surface area contributed by atoms with Crippen molar-refractivity contribution < 1.29 is 6.89 Å². The number of rotatable bonds is 1. The summed E-state index contributed by atoms with van der Waals surface area (Å²) in [6, 6.07) is 0. The van der Waals surface area contributed by atoms with Crippen LogP contribution in [0.25, 0.3) is 0 Å². The van der Waals surface area contributed by atoms with Crippen LogP contribution < -0.4 is 0 Å². The van der Waals surface area contributed by atoms with Crippen LogP contribution in [0.4, 0.5) is 0 Å². The molecule has 0 bridgehead atoms. The van der Waals surface area contributed by atoms with E-state index >= 15 is 0 Å². The summed E-state index contributed by atoms with van der Waals surface area (Å²) in [5, 5.41) is 0. The maximum absolute atomic E-state index is 7.59. The number of unbranched alkanes of at least 4 members (excludes halogenated alkanes) is 1. The first-order valence-electron chi connectivity index (χ1n) is 2.44. The Labute approximate surface area is 62.0 Å². The van der Waals surface area contributed by atoms with Gasteiger partial charge < -0.3 is 0 Å². The van der Waals surface area contributed by atoms with Crippen molar-refractivity contribution in [3.8, 4) is 0 Å². The molecule has 0 spiro atoms. The predicted octanol–water partition coefficient (Wildman–Crippen LogP) is 0.548. The zero-order valence-corrected chi connectivity index (χ0v) is 9.02. The fraction of sp³-hybridized carbons (Fsp3) is 0.750. The monoisotopic (exact) mass is 247 g/mol. The Morgan fingerprint density at radius 3 is 1.75 bits per heavy atom. The first kappa shape index (κ1) is 11.8. The average Bonchev–Trinajstić information content (AvgIpc) is 1.65. The molecule has 0 aromatic carbocycles. The zero-order valence-electron chi connectivity index (χ0n) is 4.97. The van der Waals surface area contributed by atoms with E-state index in [0.29, 0.717) is 0 Å². The van der Waals surface area contributed by atoms with Gasteiger partial charge in [-0.15, -0.1) is 0 Å². The molecule has 0 aliphatic heterocycles. The minimum atomic E-state index is -3.16. The molecule has 0 aliphatic rings. The molecule has 0 unspecified atom stereocenters. The van der Waals surface area contributed by atoms with Gasteiger partial charge in [-0.2, -0.15) is 0 Å². The molecule has 51 valence electrons. The molecule has 0 heterocycles. The molecule has 0 aromatic heterocycles. The second kappa shape index (κ2) is 10.9. The van der Waals surface area contributed by atoms with E-state index in [-0.39, 0.29) is 0 Å². The van der Waals surface area contributed by atoms with E-state index in [1.54, 1.807) is 0 Å². The fourth-order valence-electron chi connectivity index (χ4n) is 0. The quantitative estimate of drug-likeness (QED) is 0.663. The third-order valence-electron chi connectivity index (χ3n) is 0.354. The van der Waals surface area contributed by atoms with Crippen molar-refractivity contribution in [2.24, 2.45) is 0 Å². The average molecular weight is 246 g/mol. The van der Waals surface area contributed by atoms with Crippen LogP contribution in [0.15, 0.2) is 0 Å². The van der Waals surface area contributed by atoms with E-state index in [2.05, 4.69) is 22.8 Å². The molecule has 0 aliphatic carbocycles. The second-order valence-electron chi connectivity index (χ2n) is 1.16. The molecular weight excluding hydrogens is 234 g/mol. The van der Waals surface area contributed by atoms with Crippen molar-refractivity contribution in [3.05, 3.63) is 6.92 Å². The zero-order chi connectivity index (χ0) is 6.99. The van der Waals surface area contributed by atoms with Gasteiger partial charge in [0.25, 0.3) is 0 Å². The molecule has 0 amide bonds. The van der Waals surface area contributed by atoms with Crippen LogP contribution in [0.1, 0.15) is 19.8 Å². The van der Waals surface area contributed by atoms with Gasteiger partial charge >= 0.3 is 35.3 Å². The molecule has 2 nitrogen and oxygen atoms in total. The van der Waals surface area contributed by atoms with Crippen LogP contribution in [0.3, 0.4) is 0 Å². The first-order valence-corrected chi connectivity index (χ1v) is 9.56.